The van der Waals surface area contributed by atoms with E-state index < -0.39 is 0 Å². The Bertz CT molecular complexity index is 474. The molecule has 0 saturated heterocycles. The van der Waals surface area contributed by atoms with Gasteiger partial charge < -0.3 is 10.6 Å². The molecule has 1 aliphatic carbocycles. The minimum Gasteiger partial charge on any atom is -0.315 e. The predicted molar refractivity (Wildman–Crippen MR) is 79.2 cm³/mol. The number of hydrogen-bond donors (Lipinski definition) is 2. The number of amides is 2. The summed E-state index contributed by atoms with van der Waals surface area (Å²) in [5, 5.41) is 5.65. The molecule has 2 rings (SSSR count). The first-order valence-electron chi connectivity index (χ1n) is 6.96. The van der Waals surface area contributed by atoms with Crippen molar-refractivity contribution in [1.29, 1.82) is 0 Å². The fraction of sp³-hybridized carbons (Fsp3) is 0.438. The number of urea groups is 1. The first kappa shape index (κ1) is 13.7. The Morgan fingerprint density at radius 3 is 2.74 bits per heavy atom. The van der Waals surface area contributed by atoms with Crippen LogP contribution in [0.5, 0.6) is 0 Å². The number of anilines is 1. The number of benzene rings is 1. The van der Waals surface area contributed by atoms with E-state index in [1.54, 1.807) is 6.20 Å². The Morgan fingerprint density at radius 2 is 2.00 bits per heavy atom. The average Bonchev–Trinajstić information content (AvgIpc) is 2.87. The van der Waals surface area contributed by atoms with Crippen molar-refractivity contribution in [2.24, 2.45) is 5.92 Å². The van der Waals surface area contributed by atoms with E-state index in [1.807, 2.05) is 32.0 Å². The van der Waals surface area contributed by atoms with Crippen molar-refractivity contribution < 1.29 is 4.79 Å². The molecule has 0 bridgehead atoms. The Hall–Kier alpha value is -1.77. The van der Waals surface area contributed by atoms with Gasteiger partial charge in [0.05, 0.1) is 0 Å². The van der Waals surface area contributed by atoms with E-state index in [-0.39, 0.29) is 6.03 Å². The first-order valence-corrected chi connectivity index (χ1v) is 6.96. The van der Waals surface area contributed by atoms with E-state index in [9.17, 15) is 4.79 Å². The molecule has 0 aromatic heterocycles. The number of carbonyl (C=O) groups excluding carboxylic acids is 1. The highest BCUT2D eigenvalue weighted by Crippen LogP contribution is 2.25. The summed E-state index contributed by atoms with van der Waals surface area (Å²) in [5.74, 6) is 0.640. The van der Waals surface area contributed by atoms with Crippen LogP contribution in [0.4, 0.5) is 10.5 Å². The van der Waals surface area contributed by atoms with Crippen LogP contribution in [0.15, 0.2) is 30.5 Å². The second-order valence-electron chi connectivity index (χ2n) is 5.32. The molecule has 0 spiro atoms. The van der Waals surface area contributed by atoms with Gasteiger partial charge in [0.15, 0.2) is 0 Å². The molecule has 1 aromatic rings. The third-order valence-corrected chi connectivity index (χ3v) is 3.62. The van der Waals surface area contributed by atoms with Gasteiger partial charge in [-0.2, -0.15) is 0 Å². The first-order chi connectivity index (χ1) is 9.15. The molecule has 3 nitrogen and oxygen atoms in total. The van der Waals surface area contributed by atoms with Crippen molar-refractivity contribution in [3.8, 4) is 0 Å². The summed E-state index contributed by atoms with van der Waals surface area (Å²) in [5.41, 5.74) is 3.08. The van der Waals surface area contributed by atoms with Gasteiger partial charge in [-0.3, -0.25) is 0 Å². The Morgan fingerprint density at radius 1 is 1.26 bits per heavy atom. The summed E-state index contributed by atoms with van der Waals surface area (Å²) in [6, 6.07) is 5.86. The summed E-state index contributed by atoms with van der Waals surface area (Å²) in [6.07, 6.45) is 8.99. The van der Waals surface area contributed by atoms with E-state index in [0.29, 0.717) is 5.92 Å². The third kappa shape index (κ3) is 4.12. The maximum atomic E-state index is 11.8. The molecule has 0 unspecified atom stereocenters. The molecule has 19 heavy (non-hydrogen) atoms. The van der Waals surface area contributed by atoms with Crippen molar-refractivity contribution in [3.05, 3.63) is 41.6 Å². The highest BCUT2D eigenvalue weighted by Gasteiger charge is 2.11. The number of carbonyl (C=O) groups is 1. The van der Waals surface area contributed by atoms with Crippen LogP contribution in [-0.4, -0.2) is 6.03 Å². The minimum absolute atomic E-state index is 0.178. The number of allylic oxidation sites excluding steroid dienone is 1. The lowest BCUT2D eigenvalue weighted by atomic mass is 10.1. The maximum Gasteiger partial charge on any atom is 0.323 e. The van der Waals surface area contributed by atoms with Gasteiger partial charge >= 0.3 is 6.03 Å². The highest BCUT2D eigenvalue weighted by molar-refractivity contribution is 5.90. The molecule has 0 atom stereocenters. The molecule has 1 aromatic carbocycles. The lowest BCUT2D eigenvalue weighted by Crippen LogP contribution is -2.24. The van der Waals surface area contributed by atoms with Crippen molar-refractivity contribution in [2.45, 2.75) is 39.5 Å². The molecule has 1 saturated carbocycles. The smallest absolute Gasteiger partial charge is 0.315 e. The van der Waals surface area contributed by atoms with E-state index in [0.717, 1.165) is 16.8 Å². The second-order valence-corrected chi connectivity index (χ2v) is 5.32. The van der Waals surface area contributed by atoms with Crippen molar-refractivity contribution >= 4 is 11.7 Å². The van der Waals surface area contributed by atoms with Crippen LogP contribution >= 0.6 is 0 Å². The molecule has 1 aliphatic rings. The van der Waals surface area contributed by atoms with Gasteiger partial charge in [-0.05, 0) is 49.8 Å². The van der Waals surface area contributed by atoms with Crippen LogP contribution in [-0.2, 0) is 0 Å². The van der Waals surface area contributed by atoms with Crippen LogP contribution in [0.3, 0.4) is 0 Å². The molecule has 3 heteroatoms. The number of rotatable bonds is 3. The topological polar surface area (TPSA) is 41.1 Å². The zero-order valence-electron chi connectivity index (χ0n) is 11.7. The van der Waals surface area contributed by atoms with E-state index in [1.165, 1.54) is 25.7 Å². The molecule has 0 aliphatic heterocycles. The van der Waals surface area contributed by atoms with Crippen molar-refractivity contribution in [2.75, 3.05) is 5.32 Å². The molecular weight excluding hydrogens is 236 g/mol. The van der Waals surface area contributed by atoms with Gasteiger partial charge in [0.1, 0.15) is 0 Å². The Balaban J connectivity index is 1.85. The van der Waals surface area contributed by atoms with Crippen LogP contribution in [0.2, 0.25) is 0 Å². The van der Waals surface area contributed by atoms with Gasteiger partial charge in [-0.15, -0.1) is 0 Å². The van der Waals surface area contributed by atoms with Gasteiger partial charge in [0.2, 0.25) is 0 Å². The van der Waals surface area contributed by atoms with E-state index in [4.69, 9.17) is 0 Å². The van der Waals surface area contributed by atoms with Gasteiger partial charge in [0, 0.05) is 11.9 Å². The van der Waals surface area contributed by atoms with Crippen LogP contribution in [0, 0.1) is 19.8 Å². The Labute approximate surface area is 115 Å². The quantitative estimate of drug-likeness (QED) is 0.841. The van der Waals surface area contributed by atoms with Gasteiger partial charge in [0.25, 0.3) is 0 Å². The molecule has 1 fully saturated rings. The molecule has 2 N–H and O–H groups in total. The molecule has 102 valence electrons. The summed E-state index contributed by atoms with van der Waals surface area (Å²) in [7, 11) is 0. The lowest BCUT2D eigenvalue weighted by Gasteiger charge is -2.09. The fourth-order valence-electron chi connectivity index (χ4n) is 2.44. The summed E-state index contributed by atoms with van der Waals surface area (Å²) in [6.45, 7) is 4.01. The van der Waals surface area contributed by atoms with E-state index in [2.05, 4.69) is 16.7 Å². The van der Waals surface area contributed by atoms with Gasteiger partial charge in [-0.1, -0.05) is 31.1 Å². The molecular formula is C16H22N2O. The second kappa shape index (κ2) is 6.41. The zero-order valence-corrected chi connectivity index (χ0v) is 11.7. The summed E-state index contributed by atoms with van der Waals surface area (Å²) < 4.78 is 0. The predicted octanol–water partition coefficient (Wildman–Crippen LogP) is 4.13. The highest BCUT2D eigenvalue weighted by atomic mass is 16.2. The zero-order chi connectivity index (χ0) is 13.7. The molecule has 0 heterocycles. The Kier molecular flexibility index (Phi) is 4.61. The number of aryl methyl sites for hydroxylation is 2. The summed E-state index contributed by atoms with van der Waals surface area (Å²) in [4.78, 5) is 11.8. The SMILES string of the molecule is Cc1ccc(C)c(NC(=O)N/C=C/C2CCCC2)c1. The third-order valence-electron chi connectivity index (χ3n) is 3.62. The molecule has 0 radical (unpaired) electrons. The van der Waals surface area contributed by atoms with Gasteiger partial charge in [-0.25, -0.2) is 4.79 Å². The van der Waals surface area contributed by atoms with Crippen LogP contribution < -0.4 is 10.6 Å². The van der Waals surface area contributed by atoms with Crippen LogP contribution in [0.1, 0.15) is 36.8 Å². The largest absolute Gasteiger partial charge is 0.323 e. The normalized spacial score (nSPS) is 15.9. The van der Waals surface area contributed by atoms with E-state index >= 15 is 0 Å². The molecule has 2 amide bonds. The monoisotopic (exact) mass is 258 g/mol. The lowest BCUT2D eigenvalue weighted by molar-refractivity contribution is 0.255. The van der Waals surface area contributed by atoms with Crippen molar-refractivity contribution in [1.82, 2.24) is 5.32 Å². The fourth-order valence-corrected chi connectivity index (χ4v) is 2.44. The standard InChI is InChI=1S/C16H22N2O/c1-12-7-8-13(2)15(11-12)18-16(19)17-10-9-14-5-3-4-6-14/h7-11,14H,3-6H2,1-2H3,(H2,17,18,19)/b10-9+. The average molecular weight is 258 g/mol. The summed E-state index contributed by atoms with van der Waals surface area (Å²) >= 11 is 0. The van der Waals surface area contributed by atoms with Crippen molar-refractivity contribution in [3.63, 3.8) is 0 Å². The maximum absolute atomic E-state index is 11.8. The van der Waals surface area contributed by atoms with Crippen LogP contribution in [0.25, 0.3) is 0 Å². The minimum atomic E-state index is -0.178. The number of hydrogen-bond acceptors (Lipinski definition) is 1. The number of nitrogens with one attached hydrogen (secondary N) is 2.